The van der Waals surface area contributed by atoms with Gasteiger partial charge in [-0.05, 0) is 35.4 Å². The molecule has 0 bridgehead atoms. The highest BCUT2D eigenvalue weighted by molar-refractivity contribution is 6.12. The Balaban J connectivity index is 1.39. The molecule has 0 aromatic heterocycles. The quantitative estimate of drug-likeness (QED) is 0.499. The average Bonchev–Trinajstić information content (AvgIpc) is 2.81. The molecule has 0 spiro atoms. The van der Waals surface area contributed by atoms with Gasteiger partial charge in [0.05, 0.1) is 17.8 Å². The number of carbonyl (C=O) groups excluding carboxylic acids is 1. The molecule has 1 saturated heterocycles. The van der Waals surface area contributed by atoms with Gasteiger partial charge < -0.3 is 0 Å². The zero-order chi connectivity index (χ0) is 23.9. The fourth-order valence-corrected chi connectivity index (χ4v) is 5.00. The molecule has 1 unspecified atom stereocenters. The van der Waals surface area contributed by atoms with E-state index >= 15 is 0 Å². The van der Waals surface area contributed by atoms with Gasteiger partial charge in [0.2, 0.25) is 0 Å². The molecule has 0 saturated carbocycles. The van der Waals surface area contributed by atoms with E-state index in [9.17, 15) is 22.4 Å². The number of alkyl halides is 3. The third-order valence-corrected chi connectivity index (χ3v) is 6.63. The molecular formula is C25H25F4N4O+. The Morgan fingerprint density at radius 1 is 1.06 bits per heavy atom. The predicted octanol–water partition coefficient (Wildman–Crippen LogP) is 3.92. The van der Waals surface area contributed by atoms with Gasteiger partial charge in [-0.3, -0.25) is 9.69 Å². The molecule has 1 fully saturated rings. The summed E-state index contributed by atoms with van der Waals surface area (Å²) >= 11 is 0. The van der Waals surface area contributed by atoms with Gasteiger partial charge in [0, 0.05) is 32.5 Å². The van der Waals surface area contributed by atoms with Crippen LogP contribution in [0, 0.1) is 11.7 Å². The summed E-state index contributed by atoms with van der Waals surface area (Å²) in [5, 5.41) is 0. The van der Waals surface area contributed by atoms with Crippen molar-refractivity contribution in [2.75, 3.05) is 26.2 Å². The van der Waals surface area contributed by atoms with E-state index < -0.39 is 11.7 Å². The van der Waals surface area contributed by atoms with Gasteiger partial charge in [0.1, 0.15) is 24.8 Å². The first-order valence-corrected chi connectivity index (χ1v) is 11.4. The number of rotatable bonds is 4. The Hall–Kier alpha value is -3.07. The lowest BCUT2D eigenvalue weighted by Gasteiger charge is -2.39. The summed E-state index contributed by atoms with van der Waals surface area (Å²) in [6, 6.07) is 11.4. The largest absolute Gasteiger partial charge is 0.416 e. The van der Waals surface area contributed by atoms with Crippen molar-refractivity contribution < 1.29 is 26.9 Å². The maximum Gasteiger partial charge on any atom is 0.416 e. The van der Waals surface area contributed by atoms with Crippen LogP contribution >= 0.6 is 0 Å². The minimum atomic E-state index is -4.40. The highest BCUT2D eigenvalue weighted by Crippen LogP contribution is 2.30. The molecule has 0 radical (unpaired) electrons. The number of carbonyl (C=O) groups is 1. The van der Waals surface area contributed by atoms with Crippen molar-refractivity contribution in [3.63, 3.8) is 0 Å². The molecule has 3 aliphatic heterocycles. The fraction of sp³-hybridized carbons (Fsp3) is 0.400. The number of guanidine groups is 1. The second kappa shape index (κ2) is 8.94. The van der Waals surface area contributed by atoms with Crippen molar-refractivity contribution in [2.45, 2.75) is 32.1 Å². The van der Waals surface area contributed by atoms with Gasteiger partial charge in [-0.25, -0.2) is 8.97 Å². The van der Waals surface area contributed by atoms with E-state index in [1.807, 2.05) is 6.07 Å². The van der Waals surface area contributed by atoms with Crippen LogP contribution in [0.3, 0.4) is 0 Å². The van der Waals surface area contributed by atoms with E-state index in [2.05, 4.69) is 14.5 Å². The van der Waals surface area contributed by atoms with Crippen LogP contribution in [0.2, 0.25) is 0 Å². The molecule has 1 amide bonds. The minimum absolute atomic E-state index is 0.0873. The number of halogens is 4. The first kappa shape index (κ1) is 22.7. The van der Waals surface area contributed by atoms with Gasteiger partial charge in [-0.1, -0.05) is 24.3 Å². The average molecular weight is 473 g/mol. The summed E-state index contributed by atoms with van der Waals surface area (Å²) in [5.74, 6) is -0.127. The van der Waals surface area contributed by atoms with Gasteiger partial charge >= 0.3 is 12.1 Å². The first-order valence-electron chi connectivity index (χ1n) is 11.4. The van der Waals surface area contributed by atoms with Crippen molar-refractivity contribution in [2.24, 2.45) is 10.9 Å². The molecule has 34 heavy (non-hydrogen) atoms. The number of nitrogens with zero attached hydrogens (tertiary/aromatic N) is 4. The van der Waals surface area contributed by atoms with Crippen molar-refractivity contribution in [3.05, 3.63) is 71.0 Å². The maximum absolute atomic E-state index is 13.6. The van der Waals surface area contributed by atoms with Crippen LogP contribution in [0.15, 0.2) is 53.5 Å². The lowest BCUT2D eigenvalue weighted by molar-refractivity contribution is -0.432. The molecule has 2 aromatic carbocycles. The van der Waals surface area contributed by atoms with Gasteiger partial charge in [-0.15, -0.1) is 4.99 Å². The van der Waals surface area contributed by atoms with Gasteiger partial charge in [0.25, 0.3) is 5.91 Å². The monoisotopic (exact) mass is 473 g/mol. The SMILES string of the molecule is O=C1C2CN(Cc3cccc(F)c3)CCC2=[N+]2CCCN=C2N1Cc1ccc(C(F)(F)F)cc1. The number of fused-ring (bicyclic) bond motifs is 2. The van der Waals surface area contributed by atoms with E-state index in [1.54, 1.807) is 11.0 Å². The second-order valence-corrected chi connectivity index (χ2v) is 8.96. The topological polar surface area (TPSA) is 38.9 Å². The fourth-order valence-electron chi connectivity index (χ4n) is 5.00. The van der Waals surface area contributed by atoms with Crippen molar-refractivity contribution in [3.8, 4) is 0 Å². The minimum Gasteiger partial charge on any atom is -0.297 e. The smallest absolute Gasteiger partial charge is 0.297 e. The molecule has 0 aliphatic carbocycles. The van der Waals surface area contributed by atoms with Crippen LogP contribution in [-0.2, 0) is 24.1 Å². The molecule has 5 rings (SSSR count). The van der Waals surface area contributed by atoms with Crippen LogP contribution in [0.5, 0.6) is 0 Å². The number of hydrogen-bond acceptors (Lipinski definition) is 3. The number of aliphatic imine (C=N–C) groups is 1. The third-order valence-electron chi connectivity index (χ3n) is 6.63. The molecular weight excluding hydrogens is 448 g/mol. The Morgan fingerprint density at radius 2 is 1.85 bits per heavy atom. The Bertz CT molecular complexity index is 1160. The van der Waals surface area contributed by atoms with E-state index in [4.69, 9.17) is 0 Å². The van der Waals surface area contributed by atoms with Crippen LogP contribution in [0.4, 0.5) is 17.6 Å². The van der Waals surface area contributed by atoms with Crippen LogP contribution < -0.4 is 0 Å². The molecule has 5 nitrogen and oxygen atoms in total. The number of hydrogen-bond donors (Lipinski definition) is 0. The van der Waals surface area contributed by atoms with Crippen LogP contribution in [-0.4, -0.2) is 58.1 Å². The van der Waals surface area contributed by atoms with Crippen molar-refractivity contribution in [1.29, 1.82) is 0 Å². The van der Waals surface area contributed by atoms with Crippen LogP contribution in [0.1, 0.15) is 29.5 Å². The summed E-state index contributed by atoms with van der Waals surface area (Å²) in [5.41, 5.74) is 1.82. The highest BCUT2D eigenvalue weighted by atomic mass is 19.4. The van der Waals surface area contributed by atoms with E-state index in [0.717, 1.165) is 49.3 Å². The molecule has 178 valence electrons. The normalized spacial score (nSPS) is 21.3. The summed E-state index contributed by atoms with van der Waals surface area (Å²) < 4.78 is 54.6. The maximum atomic E-state index is 13.6. The molecule has 3 aliphatic rings. The summed E-state index contributed by atoms with van der Waals surface area (Å²) in [4.78, 5) is 22.0. The van der Waals surface area contributed by atoms with Crippen LogP contribution in [0.25, 0.3) is 0 Å². The molecule has 1 atom stereocenters. The van der Waals surface area contributed by atoms with Gasteiger partial charge in [-0.2, -0.15) is 18.1 Å². The van der Waals surface area contributed by atoms with E-state index in [1.165, 1.54) is 24.3 Å². The number of benzene rings is 2. The van der Waals surface area contributed by atoms with Crippen molar-refractivity contribution in [1.82, 2.24) is 9.80 Å². The van der Waals surface area contributed by atoms with E-state index in [-0.39, 0.29) is 24.2 Å². The number of amides is 1. The molecule has 3 heterocycles. The molecule has 9 heteroatoms. The zero-order valence-electron chi connectivity index (χ0n) is 18.6. The summed E-state index contributed by atoms with van der Waals surface area (Å²) in [6.45, 7) is 3.38. The predicted molar refractivity (Wildman–Crippen MR) is 119 cm³/mol. The summed E-state index contributed by atoms with van der Waals surface area (Å²) in [7, 11) is 0. The summed E-state index contributed by atoms with van der Waals surface area (Å²) in [6.07, 6.45) is -2.80. The zero-order valence-corrected chi connectivity index (χ0v) is 18.6. The highest BCUT2D eigenvalue weighted by Gasteiger charge is 2.48. The first-order chi connectivity index (χ1) is 16.3. The third kappa shape index (κ3) is 4.49. The Labute approximate surface area is 195 Å². The van der Waals surface area contributed by atoms with E-state index in [0.29, 0.717) is 31.2 Å². The molecule has 0 N–H and O–H groups in total. The second-order valence-electron chi connectivity index (χ2n) is 8.96. The van der Waals surface area contributed by atoms with Gasteiger partial charge in [0.15, 0.2) is 0 Å². The lowest BCUT2D eigenvalue weighted by atomic mass is 9.91. The number of piperidine rings is 1. The Morgan fingerprint density at radius 3 is 2.59 bits per heavy atom. The Kier molecular flexibility index (Phi) is 5.97. The molecule has 2 aromatic rings. The van der Waals surface area contributed by atoms with Crippen molar-refractivity contribution >= 4 is 17.6 Å². The lowest BCUT2D eigenvalue weighted by Crippen LogP contribution is -2.60. The number of likely N-dealkylation sites (tertiary alicyclic amines) is 1. The standard InChI is InChI=1S/C25H25F4N4O/c26-20-4-1-3-18(13-20)14-31-12-9-22-21(16-31)23(34)33(24-30-10-2-11-32(22)24)15-17-5-7-19(8-6-17)25(27,28)29/h1,3-8,13,21H,2,9-12,14-16H2/q+1.